The lowest BCUT2D eigenvalue weighted by Crippen LogP contribution is -2.19. The van der Waals surface area contributed by atoms with Gasteiger partial charge in [-0.1, -0.05) is 29.8 Å². The molecule has 2 N–H and O–H groups in total. The molecule has 6 heteroatoms. The van der Waals surface area contributed by atoms with E-state index >= 15 is 0 Å². The fraction of sp³-hybridized carbons (Fsp3) is 0.105. The molecule has 0 unspecified atom stereocenters. The van der Waals surface area contributed by atoms with Gasteiger partial charge in [0, 0.05) is 12.6 Å². The highest BCUT2D eigenvalue weighted by Gasteiger charge is 2.23. The number of nitrogens with one attached hydrogen (secondary N) is 2. The Labute approximate surface area is 150 Å². The normalized spacial score (nSPS) is 17.0. The summed E-state index contributed by atoms with van der Waals surface area (Å²) in [6.45, 7) is 3.48. The number of benzene rings is 2. The number of aliphatic imine (C=N–C) groups is 1. The number of hydrogen-bond acceptors (Lipinski definition) is 4. The van der Waals surface area contributed by atoms with Gasteiger partial charge in [0.1, 0.15) is 0 Å². The maximum absolute atomic E-state index is 12.1. The van der Waals surface area contributed by atoms with E-state index in [9.17, 15) is 9.59 Å². The Bertz CT molecular complexity index is 869. The molecule has 25 heavy (non-hydrogen) atoms. The van der Waals surface area contributed by atoms with E-state index in [1.807, 2.05) is 37.3 Å². The molecule has 0 aliphatic carbocycles. The van der Waals surface area contributed by atoms with Crippen molar-refractivity contribution < 1.29 is 9.59 Å². The fourth-order valence-electron chi connectivity index (χ4n) is 2.23. The van der Waals surface area contributed by atoms with Crippen molar-refractivity contribution in [2.24, 2.45) is 4.99 Å². The van der Waals surface area contributed by atoms with Crippen molar-refractivity contribution in [3.05, 3.63) is 64.6 Å². The lowest BCUT2D eigenvalue weighted by molar-refractivity contribution is -0.115. The molecular weight excluding hydrogens is 334 g/mol. The third kappa shape index (κ3) is 4.58. The molecule has 0 atom stereocenters. The van der Waals surface area contributed by atoms with Crippen molar-refractivity contribution in [3.63, 3.8) is 0 Å². The molecule has 0 aromatic heterocycles. The van der Waals surface area contributed by atoms with Gasteiger partial charge in [-0.25, -0.2) is 4.99 Å². The summed E-state index contributed by atoms with van der Waals surface area (Å²) in [4.78, 5) is 28.2. The van der Waals surface area contributed by atoms with Gasteiger partial charge in [0.05, 0.1) is 10.6 Å². The lowest BCUT2D eigenvalue weighted by atomic mass is 10.1. The van der Waals surface area contributed by atoms with E-state index in [0.717, 1.165) is 5.56 Å². The number of anilines is 1. The molecule has 1 aliphatic heterocycles. The Balaban J connectivity index is 1.74. The van der Waals surface area contributed by atoms with E-state index in [2.05, 4.69) is 15.6 Å². The predicted octanol–water partition coefficient (Wildman–Crippen LogP) is 3.85. The first-order chi connectivity index (χ1) is 12.0. The molecule has 5 nitrogen and oxygen atoms in total. The summed E-state index contributed by atoms with van der Waals surface area (Å²) in [5, 5.41) is 6.00. The topological polar surface area (TPSA) is 70.6 Å². The van der Waals surface area contributed by atoms with Crippen LogP contribution in [0.5, 0.6) is 0 Å². The second kappa shape index (κ2) is 7.36. The van der Waals surface area contributed by atoms with Gasteiger partial charge in [0.15, 0.2) is 5.17 Å². The van der Waals surface area contributed by atoms with Crippen molar-refractivity contribution in [2.45, 2.75) is 13.8 Å². The van der Waals surface area contributed by atoms with E-state index < -0.39 is 0 Å². The van der Waals surface area contributed by atoms with Gasteiger partial charge in [-0.15, -0.1) is 0 Å². The molecule has 1 saturated heterocycles. The zero-order chi connectivity index (χ0) is 17.8. The van der Waals surface area contributed by atoms with Gasteiger partial charge >= 0.3 is 0 Å². The van der Waals surface area contributed by atoms with Crippen molar-refractivity contribution in [1.29, 1.82) is 0 Å². The summed E-state index contributed by atoms with van der Waals surface area (Å²) in [5.41, 5.74) is 3.56. The molecule has 1 fully saturated rings. The SMILES string of the molecule is CC(=O)Nc1ccc(N=C2NC(=O)C(=Cc3ccc(C)cc3)S2)cc1. The minimum atomic E-state index is -0.154. The van der Waals surface area contributed by atoms with Crippen LogP contribution in [0.3, 0.4) is 0 Å². The molecule has 0 bridgehead atoms. The quantitative estimate of drug-likeness (QED) is 0.825. The monoisotopic (exact) mass is 351 g/mol. The van der Waals surface area contributed by atoms with Crippen LogP contribution < -0.4 is 10.6 Å². The number of carbonyl (C=O) groups is 2. The van der Waals surface area contributed by atoms with E-state index in [1.54, 1.807) is 24.3 Å². The van der Waals surface area contributed by atoms with E-state index in [4.69, 9.17) is 0 Å². The average Bonchev–Trinajstić information content (AvgIpc) is 2.90. The number of aryl methyl sites for hydroxylation is 1. The van der Waals surface area contributed by atoms with Crippen molar-refractivity contribution in [1.82, 2.24) is 5.32 Å². The first-order valence-corrected chi connectivity index (χ1v) is 8.55. The zero-order valence-electron chi connectivity index (χ0n) is 13.9. The molecular formula is C19H17N3O2S. The summed E-state index contributed by atoms with van der Waals surface area (Å²) in [6.07, 6.45) is 1.85. The van der Waals surface area contributed by atoms with E-state index in [-0.39, 0.29) is 11.8 Å². The van der Waals surface area contributed by atoms with Gasteiger partial charge in [0.2, 0.25) is 5.91 Å². The molecule has 1 aliphatic rings. The summed E-state index contributed by atoms with van der Waals surface area (Å²) in [6, 6.07) is 15.1. The van der Waals surface area contributed by atoms with Crippen LogP contribution in [0.15, 0.2) is 58.4 Å². The summed E-state index contributed by atoms with van der Waals surface area (Å²) in [7, 11) is 0. The fourth-order valence-corrected chi connectivity index (χ4v) is 3.08. The first-order valence-electron chi connectivity index (χ1n) is 7.73. The second-order valence-corrected chi connectivity index (χ2v) is 6.65. The van der Waals surface area contributed by atoms with Crippen LogP contribution in [0, 0.1) is 6.92 Å². The van der Waals surface area contributed by atoms with Crippen molar-refractivity contribution in [2.75, 3.05) is 5.32 Å². The number of amidine groups is 1. The number of carbonyl (C=O) groups excluding carboxylic acids is 2. The van der Waals surface area contributed by atoms with Gasteiger partial charge in [-0.3, -0.25) is 9.59 Å². The van der Waals surface area contributed by atoms with Crippen LogP contribution in [0.4, 0.5) is 11.4 Å². The molecule has 0 saturated carbocycles. The van der Waals surface area contributed by atoms with Crippen LogP contribution in [0.1, 0.15) is 18.1 Å². The standard InChI is InChI=1S/C19H17N3O2S/c1-12-3-5-14(6-4-12)11-17-18(24)22-19(25-17)21-16-9-7-15(8-10-16)20-13(2)23/h3-11H,1-2H3,(H,20,23)(H,21,22,24). The van der Waals surface area contributed by atoms with Crippen LogP contribution >= 0.6 is 11.8 Å². The van der Waals surface area contributed by atoms with Gasteiger partial charge < -0.3 is 10.6 Å². The predicted molar refractivity (Wildman–Crippen MR) is 103 cm³/mol. The van der Waals surface area contributed by atoms with Gasteiger partial charge in [0.25, 0.3) is 5.91 Å². The Morgan fingerprint density at radius 2 is 1.80 bits per heavy atom. The van der Waals surface area contributed by atoms with Crippen molar-refractivity contribution in [3.8, 4) is 0 Å². The van der Waals surface area contributed by atoms with Crippen LogP contribution in [0.2, 0.25) is 0 Å². The number of thioether (sulfide) groups is 1. The number of rotatable bonds is 3. The number of amides is 2. The minimum Gasteiger partial charge on any atom is -0.326 e. The van der Waals surface area contributed by atoms with Crippen LogP contribution in [0.25, 0.3) is 6.08 Å². The van der Waals surface area contributed by atoms with E-state index in [0.29, 0.717) is 21.4 Å². The third-order valence-corrected chi connectivity index (χ3v) is 4.35. The largest absolute Gasteiger partial charge is 0.326 e. The van der Waals surface area contributed by atoms with Crippen LogP contribution in [-0.2, 0) is 9.59 Å². The number of nitrogens with zero attached hydrogens (tertiary/aromatic N) is 1. The Hall–Kier alpha value is -2.86. The highest BCUT2D eigenvalue weighted by molar-refractivity contribution is 8.18. The second-order valence-electron chi connectivity index (χ2n) is 5.62. The maximum Gasteiger partial charge on any atom is 0.264 e. The van der Waals surface area contributed by atoms with Crippen molar-refractivity contribution >= 4 is 46.2 Å². The number of hydrogen-bond donors (Lipinski definition) is 2. The molecule has 0 radical (unpaired) electrons. The summed E-state index contributed by atoms with van der Waals surface area (Å²) >= 11 is 1.31. The Morgan fingerprint density at radius 3 is 2.44 bits per heavy atom. The molecule has 2 aromatic rings. The Morgan fingerprint density at radius 1 is 1.12 bits per heavy atom. The summed E-state index contributed by atoms with van der Waals surface area (Å²) in [5.74, 6) is -0.275. The van der Waals surface area contributed by atoms with Gasteiger partial charge in [-0.2, -0.15) is 0 Å². The third-order valence-electron chi connectivity index (χ3n) is 3.44. The highest BCUT2D eigenvalue weighted by Crippen LogP contribution is 2.28. The molecule has 2 amide bonds. The lowest BCUT2D eigenvalue weighted by Gasteiger charge is -2.02. The first kappa shape index (κ1) is 17.0. The Kier molecular flexibility index (Phi) is 5.00. The molecule has 1 heterocycles. The van der Waals surface area contributed by atoms with E-state index in [1.165, 1.54) is 24.2 Å². The smallest absolute Gasteiger partial charge is 0.264 e. The molecule has 126 valence electrons. The molecule has 0 spiro atoms. The van der Waals surface area contributed by atoms with Crippen LogP contribution in [-0.4, -0.2) is 17.0 Å². The summed E-state index contributed by atoms with van der Waals surface area (Å²) < 4.78 is 0. The molecule has 3 rings (SSSR count). The molecule has 2 aromatic carbocycles. The minimum absolute atomic E-state index is 0.122. The van der Waals surface area contributed by atoms with Gasteiger partial charge in [-0.05, 0) is 54.6 Å². The highest BCUT2D eigenvalue weighted by atomic mass is 32.2. The average molecular weight is 351 g/mol. The maximum atomic E-state index is 12.1. The zero-order valence-corrected chi connectivity index (χ0v) is 14.7.